The Kier molecular flexibility index (Phi) is 10.5. The van der Waals surface area contributed by atoms with E-state index in [0.29, 0.717) is 31.7 Å². The number of rotatable bonds is 5. The molecule has 0 radical (unpaired) electrons. The number of aliphatic imine (C=N–C) groups is 1. The molecule has 0 aromatic heterocycles. The maximum atomic E-state index is 11.8. The molecule has 0 unspecified atom stereocenters. The molecule has 1 heterocycles. The number of amides is 2. The van der Waals surface area contributed by atoms with E-state index in [1.54, 1.807) is 19.0 Å². The molecule has 2 rings (SSSR count). The molecular weight excluding hydrogens is 461 g/mol. The minimum absolute atomic E-state index is 0. The van der Waals surface area contributed by atoms with Crippen LogP contribution < -0.4 is 10.6 Å². The molecule has 2 aliphatic rings. The summed E-state index contributed by atoms with van der Waals surface area (Å²) in [5.41, 5.74) is 0. The van der Waals surface area contributed by atoms with Crippen molar-refractivity contribution in [2.45, 2.75) is 44.7 Å². The predicted octanol–water partition coefficient (Wildman–Crippen LogP) is 1.57. The lowest BCUT2D eigenvalue weighted by Crippen LogP contribution is -2.51. The van der Waals surface area contributed by atoms with Gasteiger partial charge in [0.25, 0.3) is 0 Å². The number of hydrogen-bond donors (Lipinski definition) is 2. The number of ether oxygens (including phenoxy) is 1. The van der Waals surface area contributed by atoms with Crippen LogP contribution in [0.25, 0.3) is 0 Å². The minimum Gasteiger partial charge on any atom is -0.450 e. The van der Waals surface area contributed by atoms with E-state index in [1.165, 1.54) is 4.90 Å². The molecule has 1 fully saturated rings. The van der Waals surface area contributed by atoms with E-state index in [-0.39, 0.29) is 48.6 Å². The van der Waals surface area contributed by atoms with Crippen LogP contribution in [0.15, 0.2) is 17.1 Å². The molecule has 8 nitrogen and oxygen atoms in total. The van der Waals surface area contributed by atoms with Gasteiger partial charge in [0.2, 0.25) is 5.91 Å². The van der Waals surface area contributed by atoms with Gasteiger partial charge in [0.15, 0.2) is 5.96 Å². The van der Waals surface area contributed by atoms with Crippen molar-refractivity contribution in [1.82, 2.24) is 20.4 Å². The van der Waals surface area contributed by atoms with Crippen LogP contribution in [-0.4, -0.2) is 80.2 Å². The molecule has 0 saturated carbocycles. The van der Waals surface area contributed by atoms with Crippen LogP contribution in [0.4, 0.5) is 4.79 Å². The average Bonchev–Trinajstić information content (AvgIpc) is 3.13. The van der Waals surface area contributed by atoms with Crippen LogP contribution in [0.3, 0.4) is 0 Å². The summed E-state index contributed by atoms with van der Waals surface area (Å²) in [4.78, 5) is 31.4. The second-order valence-corrected chi connectivity index (χ2v) is 6.84. The molecular formula is C18H32IN5O3. The van der Waals surface area contributed by atoms with Crippen LogP contribution in [0.5, 0.6) is 0 Å². The zero-order chi connectivity index (χ0) is 18.9. The first-order valence-electron chi connectivity index (χ1n) is 9.34. The summed E-state index contributed by atoms with van der Waals surface area (Å²) in [6.07, 6.45) is 7.63. The third-order valence-corrected chi connectivity index (χ3v) is 4.58. The van der Waals surface area contributed by atoms with Gasteiger partial charge < -0.3 is 25.2 Å². The Balaban J connectivity index is 0.00000364. The number of halogens is 1. The second kappa shape index (κ2) is 12.0. The van der Waals surface area contributed by atoms with E-state index < -0.39 is 0 Å². The molecule has 0 aromatic carbocycles. The average molecular weight is 493 g/mol. The molecule has 2 amide bonds. The maximum Gasteiger partial charge on any atom is 0.409 e. The normalized spacial score (nSPS) is 18.0. The van der Waals surface area contributed by atoms with Gasteiger partial charge in [0.05, 0.1) is 6.61 Å². The fourth-order valence-corrected chi connectivity index (χ4v) is 2.96. The summed E-state index contributed by atoms with van der Waals surface area (Å²) in [6, 6.07) is 0.533. The zero-order valence-electron chi connectivity index (χ0n) is 16.4. The molecule has 1 aliphatic carbocycles. The first-order chi connectivity index (χ1) is 12.5. The summed E-state index contributed by atoms with van der Waals surface area (Å²) in [6.45, 7) is 3.64. The third kappa shape index (κ3) is 7.94. The molecule has 9 heteroatoms. The Morgan fingerprint density at radius 1 is 1.15 bits per heavy atom. The smallest absolute Gasteiger partial charge is 0.409 e. The highest BCUT2D eigenvalue weighted by atomic mass is 127. The van der Waals surface area contributed by atoms with E-state index in [1.807, 2.05) is 6.92 Å². The van der Waals surface area contributed by atoms with Crippen LogP contribution in [0.2, 0.25) is 0 Å². The number of piperidine rings is 1. The van der Waals surface area contributed by atoms with Gasteiger partial charge in [-0.05, 0) is 32.6 Å². The van der Waals surface area contributed by atoms with E-state index in [0.717, 1.165) is 25.7 Å². The van der Waals surface area contributed by atoms with E-state index >= 15 is 0 Å². The molecule has 27 heavy (non-hydrogen) atoms. The number of likely N-dealkylation sites (N-methyl/N-ethyl adjacent to an activating group) is 1. The highest BCUT2D eigenvalue weighted by Gasteiger charge is 2.24. The molecule has 0 spiro atoms. The predicted molar refractivity (Wildman–Crippen MR) is 116 cm³/mol. The van der Waals surface area contributed by atoms with Crippen LogP contribution >= 0.6 is 24.0 Å². The van der Waals surface area contributed by atoms with Crippen molar-refractivity contribution in [3.8, 4) is 0 Å². The molecule has 0 aromatic rings. The number of carbonyl (C=O) groups excluding carboxylic acids is 2. The Morgan fingerprint density at radius 3 is 2.30 bits per heavy atom. The monoisotopic (exact) mass is 493 g/mol. The number of nitrogens with one attached hydrogen (secondary N) is 2. The molecule has 1 saturated heterocycles. The topological polar surface area (TPSA) is 86.3 Å². The van der Waals surface area contributed by atoms with Gasteiger partial charge in [-0.3, -0.25) is 4.79 Å². The Labute approximate surface area is 178 Å². The van der Waals surface area contributed by atoms with Crippen LogP contribution in [0.1, 0.15) is 32.6 Å². The van der Waals surface area contributed by atoms with Gasteiger partial charge in [-0.15, -0.1) is 24.0 Å². The van der Waals surface area contributed by atoms with Crippen molar-refractivity contribution in [2.24, 2.45) is 4.99 Å². The highest BCUT2D eigenvalue weighted by molar-refractivity contribution is 14.0. The fraction of sp³-hybridized carbons (Fsp3) is 0.722. The lowest BCUT2D eigenvalue weighted by atomic mass is 10.1. The Bertz CT molecular complexity index is 537. The number of nitrogens with zero attached hydrogens (tertiary/aromatic N) is 3. The van der Waals surface area contributed by atoms with Crippen molar-refractivity contribution in [3.05, 3.63) is 12.2 Å². The lowest BCUT2D eigenvalue weighted by molar-refractivity contribution is -0.127. The van der Waals surface area contributed by atoms with E-state index in [4.69, 9.17) is 4.74 Å². The molecule has 0 bridgehead atoms. The van der Waals surface area contributed by atoms with Gasteiger partial charge >= 0.3 is 6.09 Å². The largest absolute Gasteiger partial charge is 0.450 e. The van der Waals surface area contributed by atoms with Gasteiger partial charge in [0, 0.05) is 39.3 Å². The number of likely N-dealkylation sites (tertiary alicyclic amines) is 1. The van der Waals surface area contributed by atoms with Crippen molar-refractivity contribution in [2.75, 3.05) is 40.3 Å². The first-order valence-corrected chi connectivity index (χ1v) is 9.34. The van der Waals surface area contributed by atoms with E-state index in [2.05, 4.69) is 27.8 Å². The Hall–Kier alpha value is -1.52. The van der Waals surface area contributed by atoms with Crippen LogP contribution in [0, 0.1) is 0 Å². The second-order valence-electron chi connectivity index (χ2n) is 6.84. The van der Waals surface area contributed by atoms with Crippen molar-refractivity contribution in [3.63, 3.8) is 0 Å². The zero-order valence-corrected chi connectivity index (χ0v) is 18.8. The van der Waals surface area contributed by atoms with Gasteiger partial charge in [0.1, 0.15) is 6.54 Å². The molecule has 1 aliphatic heterocycles. The number of hydrogen-bond acceptors (Lipinski definition) is 4. The van der Waals surface area contributed by atoms with Crippen molar-refractivity contribution < 1.29 is 14.3 Å². The number of carbonyl (C=O) groups is 2. The molecule has 0 atom stereocenters. The molecule has 2 N–H and O–H groups in total. The summed E-state index contributed by atoms with van der Waals surface area (Å²) in [5.74, 6) is 0.635. The van der Waals surface area contributed by atoms with Gasteiger partial charge in [-0.2, -0.15) is 0 Å². The standard InChI is InChI=1S/C18H31N5O3.HI/c1-4-26-18(25)23-11-9-15(10-12-23)21-17(19-13-16(24)22(2)3)20-14-7-5-6-8-14;/h5-6,14-15H,4,7-13H2,1-3H3,(H2,19,20,21);1H. The molecule has 154 valence electrons. The van der Waals surface area contributed by atoms with Gasteiger partial charge in [-0.1, -0.05) is 12.2 Å². The lowest BCUT2D eigenvalue weighted by Gasteiger charge is -2.32. The fourth-order valence-electron chi connectivity index (χ4n) is 2.96. The quantitative estimate of drug-likeness (QED) is 0.263. The van der Waals surface area contributed by atoms with Gasteiger partial charge in [-0.25, -0.2) is 9.79 Å². The summed E-state index contributed by atoms with van der Waals surface area (Å²) >= 11 is 0. The summed E-state index contributed by atoms with van der Waals surface area (Å²) in [7, 11) is 3.45. The van der Waals surface area contributed by atoms with Crippen molar-refractivity contribution >= 4 is 41.9 Å². The highest BCUT2D eigenvalue weighted by Crippen LogP contribution is 2.13. The maximum absolute atomic E-state index is 11.8. The third-order valence-electron chi connectivity index (χ3n) is 4.58. The Morgan fingerprint density at radius 2 is 1.74 bits per heavy atom. The first kappa shape index (κ1) is 23.5. The summed E-state index contributed by atoms with van der Waals surface area (Å²) in [5, 5.41) is 6.84. The number of guanidine groups is 1. The van der Waals surface area contributed by atoms with Crippen LogP contribution in [-0.2, 0) is 9.53 Å². The SMILES string of the molecule is CCOC(=O)N1CCC(NC(=NCC(=O)N(C)C)NC2CC=CC2)CC1.I. The minimum atomic E-state index is -0.244. The van der Waals surface area contributed by atoms with E-state index in [9.17, 15) is 9.59 Å². The van der Waals surface area contributed by atoms with Crippen molar-refractivity contribution in [1.29, 1.82) is 0 Å². The summed E-state index contributed by atoms with van der Waals surface area (Å²) < 4.78 is 5.06.